The second-order valence-electron chi connectivity index (χ2n) is 3.98. The minimum absolute atomic E-state index is 0.817. The van der Waals surface area contributed by atoms with Crippen molar-refractivity contribution < 1.29 is 0 Å². The van der Waals surface area contributed by atoms with Crippen LogP contribution in [0.15, 0.2) is 23.6 Å². The van der Waals surface area contributed by atoms with Crippen LogP contribution in [0.3, 0.4) is 0 Å². The molecule has 0 aliphatic heterocycles. The number of anilines is 2. The molecule has 0 fully saturated rings. The van der Waals surface area contributed by atoms with Crippen LogP contribution in [-0.2, 0) is 0 Å². The summed E-state index contributed by atoms with van der Waals surface area (Å²) in [5.74, 6) is 0. The molecule has 2 aromatic rings. The first-order valence-electron chi connectivity index (χ1n) is 5.07. The number of nitrogens with two attached hydrogens (primary N) is 1. The number of aryl methyl sites for hydroxylation is 1. The molecule has 1 aromatic heterocycles. The maximum atomic E-state index is 5.89. The monoisotopic (exact) mass is 233 g/mol. The number of aromatic nitrogens is 1. The fourth-order valence-corrected chi connectivity index (χ4v) is 2.17. The average molecular weight is 233 g/mol. The second-order valence-corrected chi connectivity index (χ2v) is 4.82. The maximum absolute atomic E-state index is 5.89. The zero-order valence-corrected chi connectivity index (χ0v) is 10.5. The third kappa shape index (κ3) is 2.02. The van der Waals surface area contributed by atoms with Crippen molar-refractivity contribution in [2.24, 2.45) is 0 Å². The van der Waals surface area contributed by atoms with Crippen LogP contribution in [0.5, 0.6) is 0 Å². The predicted molar refractivity (Wildman–Crippen MR) is 71.0 cm³/mol. The third-order valence-electron chi connectivity index (χ3n) is 2.45. The van der Waals surface area contributed by atoms with Crippen molar-refractivity contribution in [3.63, 3.8) is 0 Å². The zero-order chi connectivity index (χ0) is 11.7. The number of rotatable bonds is 2. The molecule has 0 spiro atoms. The van der Waals surface area contributed by atoms with E-state index >= 15 is 0 Å². The molecular formula is C12H15N3S. The molecule has 16 heavy (non-hydrogen) atoms. The Bertz CT molecular complexity index is 503. The maximum Gasteiger partial charge on any atom is 0.185 e. The van der Waals surface area contributed by atoms with Gasteiger partial charge in [0.1, 0.15) is 0 Å². The van der Waals surface area contributed by atoms with Gasteiger partial charge in [0.05, 0.1) is 5.69 Å². The molecule has 0 atom stereocenters. The second kappa shape index (κ2) is 4.14. The SMILES string of the molecule is Cc1ccc(-c2csc(N(C)C)n2)cc1N. The van der Waals surface area contributed by atoms with E-state index in [9.17, 15) is 0 Å². The van der Waals surface area contributed by atoms with Crippen LogP contribution >= 0.6 is 11.3 Å². The normalized spacial score (nSPS) is 10.4. The van der Waals surface area contributed by atoms with Crippen LogP contribution in [-0.4, -0.2) is 19.1 Å². The van der Waals surface area contributed by atoms with Crippen molar-refractivity contribution in [3.8, 4) is 11.3 Å². The van der Waals surface area contributed by atoms with Crippen molar-refractivity contribution in [2.75, 3.05) is 24.7 Å². The lowest BCUT2D eigenvalue weighted by Gasteiger charge is -2.06. The van der Waals surface area contributed by atoms with Crippen molar-refractivity contribution in [3.05, 3.63) is 29.1 Å². The molecule has 0 unspecified atom stereocenters. The first kappa shape index (κ1) is 11.0. The molecule has 1 heterocycles. The fourth-order valence-electron chi connectivity index (χ4n) is 1.40. The summed E-state index contributed by atoms with van der Waals surface area (Å²) in [6.07, 6.45) is 0. The molecule has 84 valence electrons. The van der Waals surface area contributed by atoms with E-state index in [-0.39, 0.29) is 0 Å². The van der Waals surface area contributed by atoms with Crippen LogP contribution in [0, 0.1) is 6.92 Å². The van der Waals surface area contributed by atoms with Crippen LogP contribution in [0.4, 0.5) is 10.8 Å². The van der Waals surface area contributed by atoms with Gasteiger partial charge >= 0.3 is 0 Å². The van der Waals surface area contributed by atoms with Gasteiger partial charge in [0, 0.05) is 30.7 Å². The highest BCUT2D eigenvalue weighted by Crippen LogP contribution is 2.28. The van der Waals surface area contributed by atoms with Crippen LogP contribution in [0.2, 0.25) is 0 Å². The first-order chi connectivity index (χ1) is 7.58. The topological polar surface area (TPSA) is 42.2 Å². The van der Waals surface area contributed by atoms with Crippen LogP contribution < -0.4 is 10.6 Å². The number of hydrogen-bond donors (Lipinski definition) is 1. The van der Waals surface area contributed by atoms with E-state index in [0.29, 0.717) is 0 Å². The van der Waals surface area contributed by atoms with Gasteiger partial charge in [0.15, 0.2) is 5.13 Å². The summed E-state index contributed by atoms with van der Waals surface area (Å²) in [6.45, 7) is 2.01. The molecule has 0 amide bonds. The Morgan fingerprint density at radius 2 is 2.06 bits per heavy atom. The highest BCUT2D eigenvalue weighted by Gasteiger charge is 2.06. The van der Waals surface area contributed by atoms with Gasteiger partial charge < -0.3 is 10.6 Å². The van der Waals surface area contributed by atoms with E-state index in [1.807, 2.05) is 38.1 Å². The molecule has 2 N–H and O–H groups in total. The summed E-state index contributed by atoms with van der Waals surface area (Å²) < 4.78 is 0. The first-order valence-corrected chi connectivity index (χ1v) is 5.95. The smallest absolute Gasteiger partial charge is 0.185 e. The van der Waals surface area contributed by atoms with Gasteiger partial charge in [0.25, 0.3) is 0 Å². The number of thiazole rings is 1. The van der Waals surface area contributed by atoms with E-state index in [1.54, 1.807) is 11.3 Å². The van der Waals surface area contributed by atoms with Gasteiger partial charge in [-0.3, -0.25) is 0 Å². The minimum atomic E-state index is 0.817. The van der Waals surface area contributed by atoms with Gasteiger partial charge in [0.2, 0.25) is 0 Å². The van der Waals surface area contributed by atoms with E-state index in [0.717, 1.165) is 27.6 Å². The molecule has 4 heteroatoms. The van der Waals surface area contributed by atoms with Crippen LogP contribution in [0.25, 0.3) is 11.3 Å². The van der Waals surface area contributed by atoms with E-state index in [1.165, 1.54) is 0 Å². The molecule has 1 aromatic carbocycles. The molecule has 3 nitrogen and oxygen atoms in total. The fraction of sp³-hybridized carbons (Fsp3) is 0.250. The average Bonchev–Trinajstić information content (AvgIpc) is 2.71. The molecule has 0 bridgehead atoms. The van der Waals surface area contributed by atoms with Gasteiger partial charge in [-0.25, -0.2) is 4.98 Å². The lowest BCUT2D eigenvalue weighted by molar-refractivity contribution is 1.11. The lowest BCUT2D eigenvalue weighted by atomic mass is 10.1. The summed E-state index contributed by atoms with van der Waals surface area (Å²) in [4.78, 5) is 6.55. The number of nitrogen functional groups attached to an aromatic ring is 1. The predicted octanol–water partition coefficient (Wildman–Crippen LogP) is 2.77. The molecule has 0 saturated carbocycles. The van der Waals surface area contributed by atoms with Crippen molar-refractivity contribution >= 4 is 22.2 Å². The summed E-state index contributed by atoms with van der Waals surface area (Å²) in [5.41, 5.74) is 9.87. The van der Waals surface area contributed by atoms with Gasteiger partial charge in [-0.1, -0.05) is 12.1 Å². The van der Waals surface area contributed by atoms with Gasteiger partial charge in [-0.15, -0.1) is 11.3 Å². The third-order valence-corrected chi connectivity index (χ3v) is 3.46. The van der Waals surface area contributed by atoms with Gasteiger partial charge in [-0.2, -0.15) is 0 Å². The quantitative estimate of drug-likeness (QED) is 0.811. The number of benzene rings is 1. The Hall–Kier alpha value is -1.55. The largest absolute Gasteiger partial charge is 0.398 e. The minimum Gasteiger partial charge on any atom is -0.398 e. The van der Waals surface area contributed by atoms with Gasteiger partial charge in [-0.05, 0) is 18.6 Å². The molecule has 2 rings (SSSR count). The Labute approximate surface area is 99.5 Å². The van der Waals surface area contributed by atoms with E-state index < -0.39 is 0 Å². The Balaban J connectivity index is 2.39. The number of hydrogen-bond acceptors (Lipinski definition) is 4. The molecule has 0 saturated heterocycles. The lowest BCUT2D eigenvalue weighted by Crippen LogP contribution is -2.07. The van der Waals surface area contributed by atoms with E-state index in [2.05, 4.69) is 16.4 Å². The highest BCUT2D eigenvalue weighted by atomic mass is 32.1. The highest BCUT2D eigenvalue weighted by molar-refractivity contribution is 7.14. The number of nitrogens with zero attached hydrogens (tertiary/aromatic N) is 2. The standard InChI is InChI=1S/C12H15N3S/c1-8-4-5-9(6-10(8)13)11-7-16-12(14-11)15(2)3/h4-7H,13H2,1-3H3. The molecule has 0 radical (unpaired) electrons. The van der Waals surface area contributed by atoms with Crippen molar-refractivity contribution in [2.45, 2.75) is 6.92 Å². The molecule has 0 aliphatic carbocycles. The Kier molecular flexibility index (Phi) is 2.83. The van der Waals surface area contributed by atoms with Crippen LogP contribution in [0.1, 0.15) is 5.56 Å². The summed E-state index contributed by atoms with van der Waals surface area (Å²) in [7, 11) is 3.98. The molecule has 0 aliphatic rings. The zero-order valence-electron chi connectivity index (χ0n) is 9.69. The Morgan fingerprint density at radius 1 is 1.31 bits per heavy atom. The van der Waals surface area contributed by atoms with Crippen molar-refractivity contribution in [1.29, 1.82) is 0 Å². The van der Waals surface area contributed by atoms with E-state index in [4.69, 9.17) is 5.73 Å². The summed E-state index contributed by atoms with van der Waals surface area (Å²) >= 11 is 1.64. The molecular weight excluding hydrogens is 218 g/mol. The summed E-state index contributed by atoms with van der Waals surface area (Å²) in [6, 6.07) is 6.06. The Morgan fingerprint density at radius 3 is 2.62 bits per heavy atom. The van der Waals surface area contributed by atoms with Crippen molar-refractivity contribution in [1.82, 2.24) is 4.98 Å². The summed E-state index contributed by atoms with van der Waals surface area (Å²) in [5, 5.41) is 3.06.